The number of rotatable bonds is 6. The van der Waals surface area contributed by atoms with Gasteiger partial charge >= 0.3 is 6.09 Å². The lowest BCUT2D eigenvalue weighted by molar-refractivity contribution is 0.0508. The number of likely N-dealkylation sites (tertiary alicyclic amines) is 1. The van der Waals surface area contributed by atoms with Crippen LogP contribution in [-0.4, -0.2) is 63.0 Å². The van der Waals surface area contributed by atoms with E-state index in [0.29, 0.717) is 24.8 Å². The number of hydrogen-bond donors (Lipinski definition) is 1. The summed E-state index contributed by atoms with van der Waals surface area (Å²) in [6.07, 6.45) is 1.54. The molecule has 1 aliphatic rings. The third-order valence-corrected chi connectivity index (χ3v) is 6.08. The number of hydrogen-bond acceptors (Lipinski definition) is 6. The first-order chi connectivity index (χ1) is 12.5. The van der Waals surface area contributed by atoms with E-state index >= 15 is 0 Å². The van der Waals surface area contributed by atoms with Crippen molar-refractivity contribution in [3.63, 3.8) is 0 Å². The molecule has 1 fully saturated rings. The molecule has 1 aromatic heterocycles. The van der Waals surface area contributed by atoms with Crippen LogP contribution in [0.15, 0.2) is 21.6 Å². The second-order valence-electron chi connectivity index (χ2n) is 8.11. The first-order valence-electron chi connectivity index (χ1n) is 9.18. The van der Waals surface area contributed by atoms with Crippen LogP contribution in [0.5, 0.6) is 0 Å². The molecule has 1 saturated heterocycles. The fourth-order valence-corrected chi connectivity index (χ4v) is 3.68. The number of alkyl carbamates (subject to hydrolysis) is 1. The molecule has 154 valence electrons. The van der Waals surface area contributed by atoms with Gasteiger partial charge in [-0.1, -0.05) is 0 Å². The molecule has 0 unspecified atom stereocenters. The SMILES string of the molecule is CN(C)S(=O)(=O)c1ccc(CN2CCC(CNC(=O)OC(C)(C)C)CC2)o1. The van der Waals surface area contributed by atoms with Crippen molar-refractivity contribution < 1.29 is 22.4 Å². The van der Waals surface area contributed by atoms with Crippen LogP contribution in [0.2, 0.25) is 0 Å². The van der Waals surface area contributed by atoms with Crippen LogP contribution in [0, 0.1) is 5.92 Å². The number of nitrogens with zero attached hydrogens (tertiary/aromatic N) is 2. The summed E-state index contributed by atoms with van der Waals surface area (Å²) >= 11 is 0. The lowest BCUT2D eigenvalue weighted by atomic mass is 9.97. The van der Waals surface area contributed by atoms with E-state index in [1.54, 1.807) is 6.07 Å². The topological polar surface area (TPSA) is 92.1 Å². The number of amides is 1. The highest BCUT2D eigenvalue weighted by Crippen LogP contribution is 2.22. The average Bonchev–Trinajstić information content (AvgIpc) is 3.02. The molecule has 0 aromatic carbocycles. The molecule has 1 aliphatic heterocycles. The highest BCUT2D eigenvalue weighted by molar-refractivity contribution is 7.88. The van der Waals surface area contributed by atoms with E-state index in [4.69, 9.17) is 9.15 Å². The van der Waals surface area contributed by atoms with Crippen molar-refractivity contribution in [2.75, 3.05) is 33.7 Å². The summed E-state index contributed by atoms with van der Waals surface area (Å²) in [5.41, 5.74) is -0.491. The molecule has 0 bridgehead atoms. The second kappa shape index (κ2) is 8.62. The van der Waals surface area contributed by atoms with Gasteiger partial charge in [-0.15, -0.1) is 0 Å². The molecule has 0 spiro atoms. The Morgan fingerprint density at radius 1 is 1.30 bits per heavy atom. The van der Waals surface area contributed by atoms with Gasteiger partial charge < -0.3 is 14.5 Å². The minimum absolute atomic E-state index is 0.0288. The highest BCUT2D eigenvalue weighted by Gasteiger charge is 2.24. The van der Waals surface area contributed by atoms with Crippen LogP contribution in [0.25, 0.3) is 0 Å². The van der Waals surface area contributed by atoms with Gasteiger partial charge in [0.05, 0.1) is 6.54 Å². The smallest absolute Gasteiger partial charge is 0.407 e. The van der Waals surface area contributed by atoms with Gasteiger partial charge in [-0.3, -0.25) is 4.90 Å². The summed E-state index contributed by atoms with van der Waals surface area (Å²) in [7, 11) is -0.579. The largest absolute Gasteiger partial charge is 0.447 e. The molecule has 9 heteroatoms. The Morgan fingerprint density at radius 3 is 2.48 bits per heavy atom. The third kappa shape index (κ3) is 6.51. The Hall–Kier alpha value is -1.58. The molecule has 2 rings (SSSR count). The normalized spacial score (nSPS) is 17.3. The predicted molar refractivity (Wildman–Crippen MR) is 102 cm³/mol. The minimum Gasteiger partial charge on any atom is -0.447 e. The molecule has 0 aliphatic carbocycles. The van der Waals surface area contributed by atoms with Crippen LogP contribution >= 0.6 is 0 Å². The first kappa shape index (κ1) is 21.7. The molecule has 1 amide bonds. The van der Waals surface area contributed by atoms with Crippen LogP contribution in [0.1, 0.15) is 39.4 Å². The predicted octanol–water partition coefficient (Wildman–Crippen LogP) is 2.27. The maximum absolute atomic E-state index is 12.1. The summed E-state index contributed by atoms with van der Waals surface area (Å²) in [6.45, 7) is 8.46. The monoisotopic (exact) mass is 401 g/mol. The van der Waals surface area contributed by atoms with E-state index in [9.17, 15) is 13.2 Å². The molecule has 1 aromatic rings. The average molecular weight is 402 g/mol. The maximum atomic E-state index is 12.1. The fraction of sp³-hybridized carbons (Fsp3) is 0.722. The molecule has 8 nitrogen and oxygen atoms in total. The van der Waals surface area contributed by atoms with Crippen molar-refractivity contribution >= 4 is 16.1 Å². The van der Waals surface area contributed by atoms with Gasteiger partial charge in [-0.25, -0.2) is 17.5 Å². The van der Waals surface area contributed by atoms with Crippen LogP contribution in [-0.2, 0) is 21.3 Å². The van der Waals surface area contributed by atoms with Gasteiger partial charge in [-0.2, -0.15) is 0 Å². The van der Waals surface area contributed by atoms with E-state index in [1.807, 2.05) is 20.8 Å². The second-order valence-corrected chi connectivity index (χ2v) is 10.2. The first-order valence-corrected chi connectivity index (χ1v) is 10.6. The number of piperidine rings is 1. The van der Waals surface area contributed by atoms with Crippen LogP contribution < -0.4 is 5.32 Å². The Labute approximate surface area is 161 Å². The van der Waals surface area contributed by atoms with E-state index in [1.165, 1.54) is 20.2 Å². The van der Waals surface area contributed by atoms with E-state index in [2.05, 4.69) is 10.2 Å². The number of ether oxygens (including phenoxy) is 1. The van der Waals surface area contributed by atoms with Crippen molar-refractivity contribution in [2.24, 2.45) is 5.92 Å². The lowest BCUT2D eigenvalue weighted by Crippen LogP contribution is -2.40. The Morgan fingerprint density at radius 2 is 1.93 bits per heavy atom. The summed E-state index contributed by atoms with van der Waals surface area (Å²) in [5, 5.41) is 2.81. The van der Waals surface area contributed by atoms with Gasteiger partial charge in [0.2, 0.25) is 5.09 Å². The minimum atomic E-state index is -3.54. The Balaban J connectivity index is 1.77. The fourth-order valence-electron chi connectivity index (χ4n) is 2.87. The Kier molecular flexibility index (Phi) is 6.93. The van der Waals surface area contributed by atoms with E-state index < -0.39 is 15.6 Å². The summed E-state index contributed by atoms with van der Waals surface area (Å²) < 4.78 is 36.0. The number of carbonyl (C=O) groups is 1. The van der Waals surface area contributed by atoms with Gasteiger partial charge in [0.25, 0.3) is 10.0 Å². The number of sulfonamides is 1. The molecule has 27 heavy (non-hydrogen) atoms. The van der Waals surface area contributed by atoms with Crippen molar-refractivity contribution in [1.29, 1.82) is 0 Å². The van der Waals surface area contributed by atoms with Gasteiger partial charge in [-0.05, 0) is 64.8 Å². The molecule has 1 N–H and O–H groups in total. The van der Waals surface area contributed by atoms with Crippen LogP contribution in [0.3, 0.4) is 0 Å². The van der Waals surface area contributed by atoms with E-state index in [-0.39, 0.29) is 11.2 Å². The number of nitrogens with one attached hydrogen (secondary N) is 1. The lowest BCUT2D eigenvalue weighted by Gasteiger charge is -2.31. The molecular weight excluding hydrogens is 370 g/mol. The zero-order valence-electron chi connectivity index (χ0n) is 16.8. The Bertz CT molecular complexity index is 728. The van der Waals surface area contributed by atoms with Crippen molar-refractivity contribution in [3.05, 3.63) is 17.9 Å². The molecular formula is C18H31N3O5S. The number of furan rings is 1. The maximum Gasteiger partial charge on any atom is 0.407 e. The molecule has 2 heterocycles. The quantitative estimate of drug-likeness (QED) is 0.786. The zero-order chi connectivity index (χ0) is 20.2. The summed E-state index contributed by atoms with van der Waals surface area (Å²) in [6, 6.07) is 3.22. The van der Waals surface area contributed by atoms with Crippen molar-refractivity contribution in [2.45, 2.75) is 50.9 Å². The van der Waals surface area contributed by atoms with Gasteiger partial charge in [0.1, 0.15) is 11.4 Å². The molecule has 0 saturated carbocycles. The van der Waals surface area contributed by atoms with Crippen molar-refractivity contribution in [1.82, 2.24) is 14.5 Å². The van der Waals surface area contributed by atoms with Crippen molar-refractivity contribution in [3.8, 4) is 0 Å². The molecule has 0 radical (unpaired) electrons. The summed E-state index contributed by atoms with van der Waals surface area (Å²) in [4.78, 5) is 14.0. The van der Waals surface area contributed by atoms with Crippen LogP contribution in [0.4, 0.5) is 4.79 Å². The molecule has 0 atom stereocenters. The standard InChI is InChI=1S/C18H31N3O5S/c1-18(2,3)26-17(22)19-12-14-8-10-21(11-9-14)13-15-6-7-16(25-15)27(23,24)20(4)5/h6-7,14H,8-13H2,1-5H3,(H,19,22). The highest BCUT2D eigenvalue weighted by atomic mass is 32.2. The third-order valence-electron chi connectivity index (χ3n) is 4.39. The van der Waals surface area contributed by atoms with Gasteiger partial charge in [0.15, 0.2) is 0 Å². The van der Waals surface area contributed by atoms with E-state index in [0.717, 1.165) is 30.2 Å². The summed E-state index contributed by atoms with van der Waals surface area (Å²) in [5.74, 6) is 1.05. The number of carbonyl (C=O) groups excluding carboxylic acids is 1. The van der Waals surface area contributed by atoms with Gasteiger partial charge in [0, 0.05) is 20.6 Å². The zero-order valence-corrected chi connectivity index (χ0v) is 17.6.